The Bertz CT molecular complexity index is 475. The van der Waals surface area contributed by atoms with Crippen molar-refractivity contribution in [3.63, 3.8) is 0 Å². The van der Waals surface area contributed by atoms with Crippen LogP contribution in [-0.2, 0) is 6.54 Å². The van der Waals surface area contributed by atoms with Crippen molar-refractivity contribution in [2.45, 2.75) is 6.54 Å². The molecule has 0 amide bonds. The molecule has 2 rings (SSSR count). The number of aromatic nitrogens is 3. The monoisotopic (exact) mass is 241 g/mol. The number of hydrogen-bond donors (Lipinski definition) is 0. The van der Waals surface area contributed by atoms with Crippen LogP contribution in [0.2, 0.25) is 5.02 Å². The molecular weight excluding hydrogens is 233 g/mol. The maximum atomic E-state index is 12.0. The predicted octanol–water partition coefficient (Wildman–Crippen LogP) is 2.69. The van der Waals surface area contributed by atoms with Gasteiger partial charge in [0.1, 0.15) is 18.8 Å². The van der Waals surface area contributed by atoms with Crippen molar-refractivity contribution < 1.29 is 9.13 Å². The van der Waals surface area contributed by atoms with E-state index in [1.807, 2.05) is 0 Å². The maximum Gasteiger partial charge on any atom is 0.341 e. The van der Waals surface area contributed by atoms with E-state index in [9.17, 15) is 4.39 Å². The molecule has 0 spiro atoms. The quantitative estimate of drug-likeness (QED) is 0.826. The molecule has 1 aromatic heterocycles. The van der Waals surface area contributed by atoms with E-state index in [4.69, 9.17) is 16.3 Å². The number of hydrogen-bond acceptors (Lipinski definition) is 3. The molecule has 0 aliphatic carbocycles. The standard InChI is InChI=1S/C10H9ClFN3O/c11-8-3-1-2-4-9(8)16-10-13-7-15(14-10)6-5-12/h1-4,7H,5-6H2. The number of alkyl halides is 1. The third-order valence-corrected chi connectivity index (χ3v) is 2.18. The predicted molar refractivity (Wildman–Crippen MR) is 57.5 cm³/mol. The Morgan fingerprint density at radius 1 is 1.38 bits per heavy atom. The van der Waals surface area contributed by atoms with Gasteiger partial charge < -0.3 is 4.74 Å². The third-order valence-electron chi connectivity index (χ3n) is 1.87. The van der Waals surface area contributed by atoms with Gasteiger partial charge in [0.2, 0.25) is 0 Å². The lowest BCUT2D eigenvalue weighted by atomic mass is 10.3. The second-order valence-corrected chi connectivity index (χ2v) is 3.42. The van der Waals surface area contributed by atoms with Crippen LogP contribution in [0.4, 0.5) is 4.39 Å². The van der Waals surface area contributed by atoms with E-state index in [1.54, 1.807) is 24.3 Å². The average Bonchev–Trinajstić information content (AvgIpc) is 2.70. The highest BCUT2D eigenvalue weighted by atomic mass is 35.5. The van der Waals surface area contributed by atoms with E-state index in [2.05, 4.69) is 10.1 Å². The molecule has 0 aliphatic heterocycles. The molecule has 0 fully saturated rings. The summed E-state index contributed by atoms with van der Waals surface area (Å²) in [4.78, 5) is 3.88. The number of halogens is 2. The summed E-state index contributed by atoms with van der Waals surface area (Å²) >= 11 is 5.89. The summed E-state index contributed by atoms with van der Waals surface area (Å²) in [5.41, 5.74) is 0. The van der Waals surface area contributed by atoms with Crippen molar-refractivity contribution in [1.29, 1.82) is 0 Å². The molecule has 2 aromatic rings. The minimum Gasteiger partial charge on any atom is -0.422 e. The molecule has 6 heteroatoms. The van der Waals surface area contributed by atoms with Crippen LogP contribution in [0.5, 0.6) is 11.8 Å². The van der Waals surface area contributed by atoms with Crippen molar-refractivity contribution in [3.05, 3.63) is 35.6 Å². The minimum absolute atomic E-state index is 0.154. The lowest BCUT2D eigenvalue weighted by Gasteiger charge is -2.01. The lowest BCUT2D eigenvalue weighted by molar-refractivity contribution is 0.406. The van der Waals surface area contributed by atoms with Gasteiger partial charge in [-0.05, 0) is 12.1 Å². The molecule has 0 saturated heterocycles. The van der Waals surface area contributed by atoms with E-state index in [1.165, 1.54) is 11.0 Å². The first-order valence-corrected chi connectivity index (χ1v) is 5.05. The number of benzene rings is 1. The Kier molecular flexibility index (Phi) is 3.36. The van der Waals surface area contributed by atoms with E-state index < -0.39 is 6.67 Å². The molecule has 0 unspecified atom stereocenters. The molecule has 1 heterocycles. The third kappa shape index (κ3) is 2.49. The van der Waals surface area contributed by atoms with Crippen LogP contribution >= 0.6 is 11.6 Å². The molecule has 0 atom stereocenters. The number of rotatable bonds is 4. The van der Waals surface area contributed by atoms with Gasteiger partial charge in [0.05, 0.1) is 11.6 Å². The second kappa shape index (κ2) is 4.94. The van der Waals surface area contributed by atoms with Gasteiger partial charge in [0, 0.05) is 0 Å². The molecule has 84 valence electrons. The zero-order valence-electron chi connectivity index (χ0n) is 8.31. The summed E-state index contributed by atoms with van der Waals surface area (Å²) in [5.74, 6) is 0.474. The van der Waals surface area contributed by atoms with Crippen LogP contribution in [-0.4, -0.2) is 21.4 Å². The van der Waals surface area contributed by atoms with E-state index in [0.717, 1.165) is 0 Å². The van der Waals surface area contributed by atoms with Gasteiger partial charge >= 0.3 is 6.01 Å². The fraction of sp³-hybridized carbons (Fsp3) is 0.200. The van der Waals surface area contributed by atoms with Gasteiger partial charge in [0.25, 0.3) is 0 Å². The Morgan fingerprint density at radius 3 is 2.94 bits per heavy atom. The molecule has 0 aliphatic rings. The molecule has 1 aromatic carbocycles. The van der Waals surface area contributed by atoms with Crippen molar-refractivity contribution in [3.8, 4) is 11.8 Å². The molecule has 4 nitrogen and oxygen atoms in total. The van der Waals surface area contributed by atoms with Crippen LogP contribution in [0.1, 0.15) is 0 Å². The molecule has 0 radical (unpaired) electrons. The van der Waals surface area contributed by atoms with Crippen LogP contribution in [0.15, 0.2) is 30.6 Å². The summed E-state index contributed by atoms with van der Waals surface area (Å²) in [7, 11) is 0. The number of ether oxygens (including phenoxy) is 1. The maximum absolute atomic E-state index is 12.0. The van der Waals surface area contributed by atoms with Gasteiger partial charge in [-0.1, -0.05) is 23.7 Å². The molecule has 0 bridgehead atoms. The largest absolute Gasteiger partial charge is 0.422 e. The van der Waals surface area contributed by atoms with Crippen molar-refractivity contribution >= 4 is 11.6 Å². The summed E-state index contributed by atoms with van der Waals surface area (Å²) < 4.78 is 18.7. The zero-order valence-corrected chi connectivity index (χ0v) is 9.06. The van der Waals surface area contributed by atoms with Crippen molar-refractivity contribution in [1.82, 2.24) is 14.8 Å². The Balaban J connectivity index is 2.11. The van der Waals surface area contributed by atoms with Gasteiger partial charge in [-0.2, -0.15) is 4.98 Å². The van der Waals surface area contributed by atoms with Crippen molar-refractivity contribution in [2.75, 3.05) is 6.67 Å². The van der Waals surface area contributed by atoms with Crippen LogP contribution < -0.4 is 4.74 Å². The highest BCUT2D eigenvalue weighted by molar-refractivity contribution is 6.32. The first-order chi connectivity index (χ1) is 7.79. The summed E-state index contributed by atoms with van der Waals surface area (Å²) in [6, 6.07) is 7.15. The van der Waals surface area contributed by atoms with Crippen LogP contribution in [0.25, 0.3) is 0 Å². The smallest absolute Gasteiger partial charge is 0.341 e. The summed E-state index contributed by atoms with van der Waals surface area (Å²) in [6.07, 6.45) is 1.41. The topological polar surface area (TPSA) is 39.9 Å². The van der Waals surface area contributed by atoms with Gasteiger partial charge in [0.15, 0.2) is 0 Å². The first-order valence-electron chi connectivity index (χ1n) is 4.67. The SMILES string of the molecule is FCCn1cnc(Oc2ccccc2Cl)n1. The number of para-hydroxylation sites is 1. The molecule has 0 N–H and O–H groups in total. The van der Waals surface area contributed by atoms with Gasteiger partial charge in [-0.15, -0.1) is 5.10 Å². The highest BCUT2D eigenvalue weighted by Gasteiger charge is 2.06. The molecule has 16 heavy (non-hydrogen) atoms. The van der Waals surface area contributed by atoms with E-state index in [-0.39, 0.29) is 12.6 Å². The Morgan fingerprint density at radius 2 is 2.19 bits per heavy atom. The number of aryl methyl sites for hydroxylation is 1. The molecular formula is C10H9ClFN3O. The van der Waals surface area contributed by atoms with Gasteiger partial charge in [-0.25, -0.2) is 9.07 Å². The zero-order chi connectivity index (χ0) is 11.4. The molecule has 0 saturated carbocycles. The van der Waals surface area contributed by atoms with Gasteiger partial charge in [-0.3, -0.25) is 0 Å². The van der Waals surface area contributed by atoms with Crippen LogP contribution in [0, 0.1) is 0 Å². The first kappa shape index (κ1) is 10.9. The Labute approximate surface area is 96.6 Å². The fourth-order valence-corrected chi connectivity index (χ4v) is 1.32. The second-order valence-electron chi connectivity index (χ2n) is 3.01. The minimum atomic E-state index is -0.491. The summed E-state index contributed by atoms with van der Waals surface area (Å²) in [5, 5.41) is 4.40. The van der Waals surface area contributed by atoms with Crippen molar-refractivity contribution in [2.24, 2.45) is 0 Å². The highest BCUT2D eigenvalue weighted by Crippen LogP contribution is 2.26. The normalized spacial score (nSPS) is 10.4. The number of nitrogens with zero attached hydrogens (tertiary/aromatic N) is 3. The summed E-state index contributed by atoms with van der Waals surface area (Å²) in [6.45, 7) is -0.326. The van der Waals surface area contributed by atoms with E-state index in [0.29, 0.717) is 10.8 Å². The Hall–Kier alpha value is -1.62. The van der Waals surface area contributed by atoms with E-state index >= 15 is 0 Å². The fourth-order valence-electron chi connectivity index (χ4n) is 1.14. The lowest BCUT2D eigenvalue weighted by Crippen LogP contribution is -1.99. The average molecular weight is 242 g/mol. The van der Waals surface area contributed by atoms with Crippen LogP contribution in [0.3, 0.4) is 0 Å².